The Labute approximate surface area is 120 Å². The van der Waals surface area contributed by atoms with Crippen molar-refractivity contribution in [3.8, 4) is 0 Å². The number of methoxy groups -OCH3 is 1. The molecule has 2 N–H and O–H groups in total. The van der Waals surface area contributed by atoms with Crippen LogP contribution >= 0.6 is 0 Å². The van der Waals surface area contributed by atoms with Crippen LogP contribution in [0.5, 0.6) is 0 Å². The Morgan fingerprint density at radius 2 is 2.20 bits per heavy atom. The summed E-state index contributed by atoms with van der Waals surface area (Å²) in [5.41, 5.74) is 7.54. The highest BCUT2D eigenvalue weighted by molar-refractivity contribution is 5.96. The van der Waals surface area contributed by atoms with Crippen molar-refractivity contribution in [1.82, 2.24) is 0 Å². The lowest BCUT2D eigenvalue weighted by atomic mass is 9.89. The fourth-order valence-electron chi connectivity index (χ4n) is 2.83. The van der Waals surface area contributed by atoms with Crippen molar-refractivity contribution in [2.24, 2.45) is 5.92 Å². The molecule has 0 spiro atoms. The second-order valence-corrected chi connectivity index (χ2v) is 5.58. The van der Waals surface area contributed by atoms with Crippen LogP contribution in [0.15, 0.2) is 18.2 Å². The summed E-state index contributed by atoms with van der Waals surface area (Å²) in [6.07, 6.45) is 4.97. The van der Waals surface area contributed by atoms with Crippen molar-refractivity contribution in [1.29, 1.82) is 0 Å². The zero-order valence-electron chi connectivity index (χ0n) is 12.2. The fourth-order valence-corrected chi connectivity index (χ4v) is 2.83. The average Bonchev–Trinajstić information content (AvgIpc) is 2.44. The van der Waals surface area contributed by atoms with Gasteiger partial charge in [0.1, 0.15) is 0 Å². The van der Waals surface area contributed by atoms with E-state index in [0.29, 0.717) is 17.9 Å². The molecule has 110 valence electrons. The Morgan fingerprint density at radius 3 is 2.90 bits per heavy atom. The minimum Gasteiger partial charge on any atom is -0.465 e. The molecule has 0 bridgehead atoms. The first-order valence-electron chi connectivity index (χ1n) is 7.19. The van der Waals surface area contributed by atoms with E-state index >= 15 is 0 Å². The second kappa shape index (κ2) is 6.75. The van der Waals surface area contributed by atoms with E-state index in [0.717, 1.165) is 24.3 Å². The van der Waals surface area contributed by atoms with Gasteiger partial charge >= 0.3 is 5.97 Å². The predicted molar refractivity (Wildman–Crippen MR) is 78.4 cm³/mol. The summed E-state index contributed by atoms with van der Waals surface area (Å²) in [5.74, 6) is 0.313. The number of nitrogen functional groups attached to an aromatic ring is 1. The minimum atomic E-state index is -0.404. The zero-order valence-corrected chi connectivity index (χ0v) is 12.2. The normalized spacial score (nSPS) is 22.5. The zero-order chi connectivity index (χ0) is 14.5. The SMILES string of the molecule is COC(=O)c1c(N)cccc1COC1CCCC(C)C1. The van der Waals surface area contributed by atoms with Crippen molar-refractivity contribution in [3.05, 3.63) is 29.3 Å². The number of carbonyl (C=O) groups is 1. The maximum absolute atomic E-state index is 11.8. The van der Waals surface area contributed by atoms with Gasteiger partial charge in [0.15, 0.2) is 0 Å². The number of anilines is 1. The highest BCUT2D eigenvalue weighted by Crippen LogP contribution is 2.27. The number of ether oxygens (including phenoxy) is 2. The van der Waals surface area contributed by atoms with Gasteiger partial charge in [-0.15, -0.1) is 0 Å². The van der Waals surface area contributed by atoms with Crippen molar-refractivity contribution in [2.45, 2.75) is 45.3 Å². The van der Waals surface area contributed by atoms with E-state index in [-0.39, 0.29) is 6.10 Å². The summed E-state index contributed by atoms with van der Waals surface area (Å²) in [6, 6.07) is 5.41. The molecule has 1 fully saturated rings. The van der Waals surface area contributed by atoms with Gasteiger partial charge in [-0.25, -0.2) is 4.79 Å². The molecule has 2 rings (SSSR count). The third-order valence-electron chi connectivity index (χ3n) is 3.94. The lowest BCUT2D eigenvalue weighted by Crippen LogP contribution is -2.22. The molecule has 0 aliphatic heterocycles. The number of benzene rings is 1. The van der Waals surface area contributed by atoms with Crippen molar-refractivity contribution >= 4 is 11.7 Å². The molecule has 4 nitrogen and oxygen atoms in total. The molecule has 0 heterocycles. The Kier molecular flexibility index (Phi) is 5.01. The summed E-state index contributed by atoms with van der Waals surface area (Å²) in [4.78, 5) is 11.8. The van der Waals surface area contributed by atoms with E-state index in [4.69, 9.17) is 15.2 Å². The largest absolute Gasteiger partial charge is 0.465 e. The van der Waals surface area contributed by atoms with Crippen LogP contribution in [0.2, 0.25) is 0 Å². The van der Waals surface area contributed by atoms with Crippen LogP contribution in [-0.4, -0.2) is 19.2 Å². The number of carbonyl (C=O) groups excluding carboxylic acids is 1. The molecule has 1 aliphatic carbocycles. The first-order valence-corrected chi connectivity index (χ1v) is 7.19. The first kappa shape index (κ1) is 14.9. The molecule has 20 heavy (non-hydrogen) atoms. The average molecular weight is 277 g/mol. The molecular formula is C16H23NO3. The third-order valence-corrected chi connectivity index (χ3v) is 3.94. The van der Waals surface area contributed by atoms with Crippen molar-refractivity contribution in [2.75, 3.05) is 12.8 Å². The van der Waals surface area contributed by atoms with E-state index in [9.17, 15) is 4.79 Å². The summed E-state index contributed by atoms with van der Waals surface area (Å²) in [6.45, 7) is 2.67. The summed E-state index contributed by atoms with van der Waals surface area (Å²) in [7, 11) is 1.36. The topological polar surface area (TPSA) is 61.5 Å². The molecule has 1 aromatic carbocycles. The van der Waals surface area contributed by atoms with Gasteiger partial charge in [0, 0.05) is 5.69 Å². The molecule has 0 radical (unpaired) electrons. The van der Waals surface area contributed by atoms with Crippen LogP contribution in [0, 0.1) is 5.92 Å². The highest BCUT2D eigenvalue weighted by Gasteiger charge is 2.21. The maximum Gasteiger partial charge on any atom is 0.340 e. The van der Waals surface area contributed by atoms with Crippen LogP contribution in [0.3, 0.4) is 0 Å². The Hall–Kier alpha value is -1.55. The van der Waals surface area contributed by atoms with Crippen LogP contribution in [-0.2, 0) is 16.1 Å². The Balaban J connectivity index is 2.05. The number of hydrogen-bond acceptors (Lipinski definition) is 4. The quantitative estimate of drug-likeness (QED) is 0.678. The smallest absolute Gasteiger partial charge is 0.340 e. The van der Waals surface area contributed by atoms with Gasteiger partial charge in [-0.1, -0.05) is 31.9 Å². The maximum atomic E-state index is 11.8. The number of esters is 1. The van der Waals surface area contributed by atoms with Gasteiger partial charge in [-0.05, 0) is 30.4 Å². The van der Waals surface area contributed by atoms with Gasteiger partial charge in [0.05, 0.1) is 25.4 Å². The van der Waals surface area contributed by atoms with Gasteiger partial charge in [0.25, 0.3) is 0 Å². The number of rotatable bonds is 4. The first-order chi connectivity index (χ1) is 9.61. The molecule has 1 aromatic rings. The number of hydrogen-bond donors (Lipinski definition) is 1. The van der Waals surface area contributed by atoms with Gasteiger partial charge in [0.2, 0.25) is 0 Å². The Morgan fingerprint density at radius 1 is 1.40 bits per heavy atom. The van der Waals surface area contributed by atoms with Crippen LogP contribution in [0.25, 0.3) is 0 Å². The molecule has 2 unspecified atom stereocenters. The molecular weight excluding hydrogens is 254 g/mol. The van der Waals surface area contributed by atoms with Crippen molar-refractivity contribution < 1.29 is 14.3 Å². The molecule has 0 saturated heterocycles. The summed E-state index contributed by atoms with van der Waals surface area (Å²) < 4.78 is 10.8. The lowest BCUT2D eigenvalue weighted by Gasteiger charge is -2.27. The molecule has 1 aliphatic rings. The third kappa shape index (κ3) is 3.51. The predicted octanol–water partition coefficient (Wildman–Crippen LogP) is 3.15. The molecule has 0 amide bonds. The minimum absolute atomic E-state index is 0.283. The van der Waals surface area contributed by atoms with Gasteiger partial charge in [-0.2, -0.15) is 0 Å². The molecule has 0 aromatic heterocycles. The van der Waals surface area contributed by atoms with E-state index < -0.39 is 5.97 Å². The lowest BCUT2D eigenvalue weighted by molar-refractivity contribution is 0.00406. The summed E-state index contributed by atoms with van der Waals surface area (Å²) in [5, 5.41) is 0. The molecule has 2 atom stereocenters. The Bertz CT molecular complexity index is 473. The second-order valence-electron chi connectivity index (χ2n) is 5.58. The van der Waals surface area contributed by atoms with Crippen LogP contribution in [0.1, 0.15) is 48.5 Å². The standard InChI is InChI=1S/C16H23NO3/c1-11-5-3-7-13(9-11)20-10-12-6-4-8-14(17)15(12)16(18)19-2/h4,6,8,11,13H,3,5,7,9-10,17H2,1-2H3. The fraction of sp³-hybridized carbons (Fsp3) is 0.562. The van der Waals surface area contributed by atoms with Gasteiger partial charge < -0.3 is 15.2 Å². The number of nitrogens with two attached hydrogens (primary N) is 1. The molecule has 4 heteroatoms. The van der Waals surface area contributed by atoms with E-state index in [2.05, 4.69) is 6.92 Å². The highest BCUT2D eigenvalue weighted by atomic mass is 16.5. The van der Waals surface area contributed by atoms with E-state index in [1.165, 1.54) is 20.0 Å². The van der Waals surface area contributed by atoms with E-state index in [1.54, 1.807) is 6.07 Å². The monoisotopic (exact) mass is 277 g/mol. The van der Waals surface area contributed by atoms with Crippen LogP contribution < -0.4 is 5.73 Å². The van der Waals surface area contributed by atoms with Crippen molar-refractivity contribution in [3.63, 3.8) is 0 Å². The molecule has 1 saturated carbocycles. The van der Waals surface area contributed by atoms with Gasteiger partial charge in [-0.3, -0.25) is 0 Å². The van der Waals surface area contributed by atoms with Crippen LogP contribution in [0.4, 0.5) is 5.69 Å². The van der Waals surface area contributed by atoms with E-state index in [1.807, 2.05) is 12.1 Å². The summed E-state index contributed by atoms with van der Waals surface area (Å²) >= 11 is 0.